The summed E-state index contributed by atoms with van der Waals surface area (Å²) in [6.45, 7) is 4.20. The molecule has 1 aromatic heterocycles. The van der Waals surface area contributed by atoms with Gasteiger partial charge in [-0.05, 0) is 6.42 Å². The van der Waals surface area contributed by atoms with Crippen molar-refractivity contribution in [3.8, 4) is 5.88 Å². The highest BCUT2D eigenvalue weighted by atomic mass is 32.2. The highest BCUT2D eigenvalue weighted by molar-refractivity contribution is 8.01. The van der Waals surface area contributed by atoms with Crippen molar-refractivity contribution < 1.29 is 12.6 Å². The average Bonchev–Trinajstić information content (AvgIpc) is 2.49. The Bertz CT molecular complexity index is 413. The van der Waals surface area contributed by atoms with E-state index in [4.69, 9.17) is 0 Å². The van der Waals surface area contributed by atoms with E-state index in [-0.39, 0.29) is 5.88 Å². The number of nitrogens with zero attached hydrogens (tertiary/aromatic N) is 1. The minimum absolute atomic E-state index is 0.160. The fourth-order valence-corrected chi connectivity index (χ4v) is 3.16. The summed E-state index contributed by atoms with van der Waals surface area (Å²) in [5, 5.41) is 2.08. The summed E-state index contributed by atoms with van der Waals surface area (Å²) in [5.74, 6) is 0.160. The lowest BCUT2D eigenvalue weighted by Gasteiger charge is -2.03. The Morgan fingerprint density at radius 3 is 2.87 bits per heavy atom. The van der Waals surface area contributed by atoms with Crippen LogP contribution in [0.5, 0.6) is 5.88 Å². The van der Waals surface area contributed by atoms with Crippen LogP contribution in [-0.2, 0) is 10.1 Å². The summed E-state index contributed by atoms with van der Waals surface area (Å²) in [5.41, 5.74) is 0. The lowest BCUT2D eigenvalue weighted by atomic mass is 10.4. The van der Waals surface area contributed by atoms with Gasteiger partial charge in [-0.2, -0.15) is 13.4 Å². The van der Waals surface area contributed by atoms with Crippen LogP contribution in [0, 0.1) is 0 Å². The summed E-state index contributed by atoms with van der Waals surface area (Å²) in [4.78, 5) is 4.06. The van der Waals surface area contributed by atoms with Crippen LogP contribution in [0.15, 0.2) is 9.72 Å². The molecule has 0 amide bonds. The van der Waals surface area contributed by atoms with E-state index in [2.05, 4.69) is 23.0 Å². The quantitative estimate of drug-likeness (QED) is 0.605. The van der Waals surface area contributed by atoms with E-state index in [0.29, 0.717) is 5.25 Å². The van der Waals surface area contributed by atoms with Crippen molar-refractivity contribution in [2.75, 3.05) is 6.26 Å². The summed E-state index contributed by atoms with van der Waals surface area (Å²) in [7, 11) is -3.46. The maximum absolute atomic E-state index is 10.8. The van der Waals surface area contributed by atoms with Gasteiger partial charge < -0.3 is 4.18 Å². The first-order chi connectivity index (χ1) is 6.90. The van der Waals surface area contributed by atoms with E-state index in [9.17, 15) is 8.42 Å². The van der Waals surface area contributed by atoms with Gasteiger partial charge in [-0.1, -0.05) is 25.6 Å². The first-order valence-electron chi connectivity index (χ1n) is 4.42. The average molecular weight is 267 g/mol. The Balaban J connectivity index is 2.64. The van der Waals surface area contributed by atoms with Crippen LogP contribution >= 0.6 is 23.1 Å². The first-order valence-corrected chi connectivity index (χ1v) is 8.00. The van der Waals surface area contributed by atoms with E-state index in [0.717, 1.165) is 17.0 Å². The van der Waals surface area contributed by atoms with E-state index in [1.807, 2.05) is 0 Å². The standard InChI is InChI=1S/C8H13NO3S3/c1-4-6(2)14-8-9-7(5-13-8)12-15(3,10)11/h5-6H,4H2,1-3H3. The highest BCUT2D eigenvalue weighted by Gasteiger charge is 2.11. The smallest absolute Gasteiger partial charge is 0.307 e. The zero-order valence-corrected chi connectivity index (χ0v) is 11.2. The Labute approximate surface area is 98.2 Å². The van der Waals surface area contributed by atoms with Gasteiger partial charge in [-0.25, -0.2) is 0 Å². The molecule has 7 heteroatoms. The van der Waals surface area contributed by atoms with Crippen molar-refractivity contribution in [2.45, 2.75) is 29.9 Å². The van der Waals surface area contributed by atoms with Crippen molar-refractivity contribution in [2.24, 2.45) is 0 Å². The van der Waals surface area contributed by atoms with E-state index >= 15 is 0 Å². The largest absolute Gasteiger partial charge is 0.361 e. The lowest BCUT2D eigenvalue weighted by molar-refractivity contribution is 0.483. The number of thioether (sulfide) groups is 1. The zero-order chi connectivity index (χ0) is 11.5. The maximum atomic E-state index is 10.8. The SMILES string of the molecule is CCC(C)Sc1nc(OS(C)(=O)=O)cs1. The molecule has 15 heavy (non-hydrogen) atoms. The van der Waals surface area contributed by atoms with Gasteiger partial charge in [-0.15, -0.1) is 11.3 Å². The van der Waals surface area contributed by atoms with E-state index in [1.54, 1.807) is 17.1 Å². The fourth-order valence-electron chi connectivity index (χ4n) is 0.746. The Morgan fingerprint density at radius 2 is 2.33 bits per heavy atom. The van der Waals surface area contributed by atoms with Crippen molar-refractivity contribution in [1.82, 2.24) is 4.98 Å². The third-order valence-corrected chi connectivity index (χ3v) is 4.27. The fraction of sp³-hybridized carbons (Fsp3) is 0.625. The molecule has 86 valence electrons. The summed E-state index contributed by atoms with van der Waals surface area (Å²) in [6.07, 6.45) is 2.06. The second-order valence-corrected chi connectivity index (χ2v) is 7.19. The van der Waals surface area contributed by atoms with Crippen LogP contribution in [0.4, 0.5) is 0 Å². The van der Waals surface area contributed by atoms with Crippen molar-refractivity contribution in [3.05, 3.63) is 5.38 Å². The second kappa shape index (κ2) is 5.18. The number of thiazole rings is 1. The van der Waals surface area contributed by atoms with Gasteiger partial charge >= 0.3 is 10.1 Å². The lowest BCUT2D eigenvalue weighted by Crippen LogP contribution is -2.05. The molecule has 0 aromatic carbocycles. The molecular weight excluding hydrogens is 254 g/mol. The molecule has 0 aliphatic heterocycles. The second-order valence-electron chi connectivity index (χ2n) is 3.08. The molecule has 0 spiro atoms. The molecule has 1 atom stereocenters. The summed E-state index contributed by atoms with van der Waals surface area (Å²) >= 11 is 3.02. The minimum Gasteiger partial charge on any atom is -0.361 e. The van der Waals surface area contributed by atoms with Crippen LogP contribution in [0.1, 0.15) is 20.3 Å². The normalized spacial score (nSPS) is 13.8. The topological polar surface area (TPSA) is 56.3 Å². The number of hydrogen-bond donors (Lipinski definition) is 0. The van der Waals surface area contributed by atoms with Crippen molar-refractivity contribution >= 4 is 33.2 Å². The van der Waals surface area contributed by atoms with Crippen LogP contribution in [0.2, 0.25) is 0 Å². The number of aromatic nitrogens is 1. The van der Waals surface area contributed by atoms with Crippen molar-refractivity contribution in [3.63, 3.8) is 0 Å². The van der Waals surface area contributed by atoms with Crippen molar-refractivity contribution in [1.29, 1.82) is 0 Å². The number of rotatable bonds is 5. The molecule has 1 aromatic rings. The van der Waals surface area contributed by atoms with Gasteiger partial charge in [-0.3, -0.25) is 0 Å². The molecule has 0 saturated heterocycles. The Hall–Kier alpha value is -0.270. The highest BCUT2D eigenvalue weighted by Crippen LogP contribution is 2.30. The molecule has 4 nitrogen and oxygen atoms in total. The van der Waals surface area contributed by atoms with Gasteiger partial charge in [0.1, 0.15) is 0 Å². The molecular formula is C8H13NO3S3. The molecule has 0 radical (unpaired) electrons. The van der Waals surface area contributed by atoms with Crippen LogP contribution < -0.4 is 4.18 Å². The predicted molar refractivity (Wildman–Crippen MR) is 63.2 cm³/mol. The van der Waals surface area contributed by atoms with E-state index < -0.39 is 10.1 Å². The number of hydrogen-bond acceptors (Lipinski definition) is 6. The molecule has 0 N–H and O–H groups in total. The van der Waals surface area contributed by atoms with Crippen LogP contribution in [0.3, 0.4) is 0 Å². The minimum atomic E-state index is -3.46. The monoisotopic (exact) mass is 267 g/mol. The van der Waals surface area contributed by atoms with E-state index in [1.165, 1.54) is 11.3 Å². The van der Waals surface area contributed by atoms with Gasteiger partial charge in [0.05, 0.1) is 11.6 Å². The van der Waals surface area contributed by atoms with Gasteiger partial charge in [0.2, 0.25) is 5.88 Å². The molecule has 1 unspecified atom stereocenters. The molecule has 0 aliphatic rings. The molecule has 1 rings (SSSR count). The van der Waals surface area contributed by atoms with Crippen LogP contribution in [0.25, 0.3) is 0 Å². The molecule has 1 heterocycles. The molecule has 0 aliphatic carbocycles. The maximum Gasteiger partial charge on any atom is 0.307 e. The predicted octanol–water partition coefficient (Wildman–Crippen LogP) is 2.37. The third kappa shape index (κ3) is 4.85. The third-order valence-electron chi connectivity index (χ3n) is 1.58. The summed E-state index contributed by atoms with van der Waals surface area (Å²) in [6, 6.07) is 0. The van der Waals surface area contributed by atoms with Gasteiger partial charge in [0, 0.05) is 5.25 Å². The summed E-state index contributed by atoms with van der Waals surface area (Å²) < 4.78 is 27.1. The van der Waals surface area contributed by atoms with Gasteiger partial charge in [0.15, 0.2) is 4.34 Å². The molecule has 0 fully saturated rings. The zero-order valence-electron chi connectivity index (χ0n) is 8.76. The molecule has 0 saturated carbocycles. The Kier molecular flexibility index (Phi) is 4.42. The Morgan fingerprint density at radius 1 is 1.67 bits per heavy atom. The first kappa shape index (κ1) is 12.8. The van der Waals surface area contributed by atoms with Crippen LogP contribution in [-0.4, -0.2) is 24.9 Å². The molecule has 0 bridgehead atoms. The van der Waals surface area contributed by atoms with Gasteiger partial charge in [0.25, 0.3) is 0 Å².